The first-order valence-electron chi connectivity index (χ1n) is 24.2. The van der Waals surface area contributed by atoms with E-state index in [-0.39, 0.29) is 70.3 Å². The van der Waals surface area contributed by atoms with Gasteiger partial charge in [-0.2, -0.15) is 18.1 Å². The van der Waals surface area contributed by atoms with Gasteiger partial charge in [0.1, 0.15) is 16.6 Å². The lowest BCUT2D eigenvalue weighted by Gasteiger charge is -2.45. The Morgan fingerprint density at radius 3 is 2.50 bits per heavy atom. The molecule has 4 aromatic carbocycles. The zero-order valence-electron chi connectivity index (χ0n) is 40.7. The Labute approximate surface area is 433 Å². The highest BCUT2D eigenvalue weighted by Gasteiger charge is 2.47. The van der Waals surface area contributed by atoms with Gasteiger partial charge >= 0.3 is 18.0 Å². The van der Waals surface area contributed by atoms with Crippen LogP contribution in [0.15, 0.2) is 77.2 Å². The van der Waals surface area contributed by atoms with Crippen molar-refractivity contribution in [2.45, 2.75) is 94.7 Å². The molecule has 4 aliphatic rings. The van der Waals surface area contributed by atoms with Crippen molar-refractivity contribution < 1.29 is 59.8 Å². The van der Waals surface area contributed by atoms with Crippen LogP contribution in [-0.4, -0.2) is 104 Å². The number of halogens is 3. The summed E-state index contributed by atoms with van der Waals surface area (Å²) in [4.78, 5) is 71.2. The van der Waals surface area contributed by atoms with Gasteiger partial charge in [0.2, 0.25) is 21.8 Å². The number of anilines is 3. The van der Waals surface area contributed by atoms with Gasteiger partial charge in [-0.3, -0.25) is 24.6 Å². The number of rotatable bonds is 14. The molecule has 0 radical (unpaired) electrons. The van der Waals surface area contributed by atoms with E-state index in [0.29, 0.717) is 71.1 Å². The summed E-state index contributed by atoms with van der Waals surface area (Å²) >= 11 is 7.32. The van der Waals surface area contributed by atoms with Crippen molar-refractivity contribution in [1.29, 1.82) is 0 Å². The number of carbonyl (C=O) groups is 5. The monoisotopic (exact) mass is 1070 g/mol. The summed E-state index contributed by atoms with van der Waals surface area (Å²) in [7, 11) is -2.76. The third-order valence-corrected chi connectivity index (χ3v) is 17.9. The summed E-state index contributed by atoms with van der Waals surface area (Å²) < 4.78 is 79.6. The number of carbonyl (C=O) groups excluding carboxylic acids is 5. The minimum Gasteiger partial charge on any atom is -0.465 e. The normalized spacial score (nSPS) is 19.5. The van der Waals surface area contributed by atoms with Gasteiger partial charge < -0.3 is 28.8 Å². The number of benzene rings is 4. The second-order valence-electron chi connectivity index (χ2n) is 19.4. The number of fused-ring (bicyclic) bond motifs is 1. The number of aromatic nitrogens is 1. The quantitative estimate of drug-likeness (QED) is 0.0771. The zero-order chi connectivity index (χ0) is 52.4. The number of esters is 2. The van der Waals surface area contributed by atoms with Gasteiger partial charge in [0.25, 0.3) is 11.9 Å². The molecule has 0 aliphatic carbocycles. The first-order valence-corrected chi connectivity index (χ1v) is 27.0. The maximum absolute atomic E-state index is 14.7. The van der Waals surface area contributed by atoms with Gasteiger partial charge in [-0.25, -0.2) is 18.0 Å². The van der Waals surface area contributed by atoms with E-state index in [1.807, 2.05) is 38.1 Å². The number of nitrogens with one attached hydrogen (secondary N) is 2. The Hall–Kier alpha value is -6.68. The number of piperidine rings is 3. The first-order chi connectivity index (χ1) is 35.3. The van der Waals surface area contributed by atoms with Crippen molar-refractivity contribution in [3.8, 4) is 16.2 Å². The third-order valence-electron chi connectivity index (χ3n) is 14.1. The molecule has 2 unspecified atom stereocenters. The number of methoxy groups -OCH3 is 1. The van der Waals surface area contributed by atoms with Crippen molar-refractivity contribution >= 4 is 102 Å². The van der Waals surface area contributed by atoms with Crippen LogP contribution in [0, 0.1) is 0 Å². The van der Waals surface area contributed by atoms with Crippen LogP contribution >= 0.6 is 22.9 Å². The van der Waals surface area contributed by atoms with E-state index in [2.05, 4.69) is 20.3 Å². The summed E-state index contributed by atoms with van der Waals surface area (Å²) in [6.07, 6.45) is -1.54. The molecule has 74 heavy (non-hydrogen) atoms. The standard InChI is InChI=1S/C52H51ClF2N6O11S2/c1-5-70-49(66)52(54,55)72-43-42(53)44(73-45(43)48(65)69-4)30-8-6-9-31(25-30)56-32-20-23-60(51(2,3)26-32)74(67,68)27-28-12-14-36-39(24-28)71-50(57-36)59-21-18-29(19-22-59)33-13-15-37-41-34(33)10-7-11-35(41)47(64)61(37)38-16-17-40(62)58-46(38)63/h6-15,24-25,29,32,38,56H,5,16-23,26-27H2,1-4H3,(H,58,62,63). The summed E-state index contributed by atoms with van der Waals surface area (Å²) in [6.45, 7) is 6.31. The molecule has 388 valence electrons. The molecule has 0 saturated carbocycles. The zero-order valence-corrected chi connectivity index (χ0v) is 43.1. The highest BCUT2D eigenvalue weighted by Crippen LogP contribution is 2.49. The maximum atomic E-state index is 14.7. The van der Waals surface area contributed by atoms with Crippen molar-refractivity contribution in [2.24, 2.45) is 0 Å². The van der Waals surface area contributed by atoms with Gasteiger partial charge in [0.05, 0.1) is 30.0 Å². The first kappa shape index (κ1) is 50.8. The Morgan fingerprint density at radius 2 is 1.77 bits per heavy atom. The molecular weight excluding hydrogens is 1020 g/mol. The fraction of sp³-hybridized carbons (Fsp3) is 0.385. The van der Waals surface area contributed by atoms with Crippen LogP contribution in [0.2, 0.25) is 5.02 Å². The second-order valence-corrected chi connectivity index (χ2v) is 22.7. The Bertz CT molecular complexity index is 3390. The molecule has 2 aromatic heterocycles. The molecule has 0 spiro atoms. The van der Waals surface area contributed by atoms with E-state index in [1.54, 1.807) is 48.5 Å². The fourth-order valence-electron chi connectivity index (χ4n) is 10.8. The molecule has 3 amide bonds. The smallest absolute Gasteiger partial charge is 0.465 e. The van der Waals surface area contributed by atoms with Gasteiger partial charge in [0, 0.05) is 54.3 Å². The third kappa shape index (κ3) is 9.43. The van der Waals surface area contributed by atoms with Gasteiger partial charge in [0.15, 0.2) is 16.2 Å². The van der Waals surface area contributed by atoms with E-state index < -0.39 is 51.3 Å². The summed E-state index contributed by atoms with van der Waals surface area (Å²) in [5, 5.41) is 7.32. The number of alkyl halides is 2. The minimum atomic E-state index is -4.44. The molecule has 17 nitrogen and oxygen atoms in total. The predicted molar refractivity (Wildman–Crippen MR) is 273 cm³/mol. The Kier molecular flexibility index (Phi) is 13.4. The van der Waals surface area contributed by atoms with Gasteiger partial charge in [-0.05, 0) is 117 Å². The van der Waals surface area contributed by atoms with Crippen LogP contribution in [-0.2, 0) is 39.6 Å². The SMILES string of the molecule is CCOC(=O)C(F)(F)Oc1c(C(=O)OC)sc(-c2cccc(NC3CCN(S(=O)(=O)Cc4ccc5nc(N6CCC(c7ccc8c9c(cccc79)C(=O)N8C7CCC(=O)NC7=O)CC6)oc5c4)C(C)(C)C3)c2)c1Cl. The molecule has 4 aliphatic heterocycles. The molecule has 6 heterocycles. The second kappa shape index (κ2) is 19.5. The average Bonchev–Trinajstić information content (AvgIpc) is 4.03. The predicted octanol–water partition coefficient (Wildman–Crippen LogP) is 9.02. The summed E-state index contributed by atoms with van der Waals surface area (Å²) in [5.41, 5.74) is 4.26. The summed E-state index contributed by atoms with van der Waals surface area (Å²) in [5.74, 6) is -4.79. The van der Waals surface area contributed by atoms with Crippen LogP contribution in [0.4, 0.5) is 26.2 Å². The highest BCUT2D eigenvalue weighted by molar-refractivity contribution is 7.88. The molecule has 2 N–H and O–H groups in total. The van der Waals surface area contributed by atoms with Gasteiger partial charge in [-0.1, -0.05) is 48.0 Å². The topological polar surface area (TPSA) is 207 Å². The number of hydrogen-bond donors (Lipinski definition) is 2. The fourth-order valence-corrected chi connectivity index (χ4v) is 14.2. The molecule has 22 heteroatoms. The lowest BCUT2D eigenvalue weighted by Crippen LogP contribution is -2.55. The number of amides is 3. The number of thiophene rings is 1. The number of ether oxygens (including phenoxy) is 3. The lowest BCUT2D eigenvalue weighted by atomic mass is 9.85. The van der Waals surface area contributed by atoms with Crippen LogP contribution in [0.25, 0.3) is 32.3 Å². The Morgan fingerprint density at radius 1 is 1.00 bits per heavy atom. The molecule has 6 aromatic rings. The molecule has 10 rings (SSSR count). The number of oxazole rings is 1. The minimum absolute atomic E-state index is 0.168. The number of hydrogen-bond acceptors (Lipinski definition) is 15. The maximum Gasteiger partial charge on any atom is 0.502 e. The van der Waals surface area contributed by atoms with Crippen molar-refractivity contribution in [3.63, 3.8) is 0 Å². The number of sulfonamides is 1. The largest absolute Gasteiger partial charge is 0.502 e. The van der Waals surface area contributed by atoms with Crippen LogP contribution in [0.3, 0.4) is 0 Å². The van der Waals surface area contributed by atoms with E-state index >= 15 is 0 Å². The number of imide groups is 1. The average molecular weight is 1070 g/mol. The van der Waals surface area contributed by atoms with Gasteiger partial charge in [-0.15, -0.1) is 11.3 Å². The molecular formula is C52H51ClF2N6O11S2. The van der Waals surface area contributed by atoms with Crippen molar-refractivity contribution in [3.05, 3.63) is 99.4 Å². The van der Waals surface area contributed by atoms with E-state index in [9.17, 15) is 41.2 Å². The lowest BCUT2D eigenvalue weighted by molar-refractivity contribution is -0.216. The van der Waals surface area contributed by atoms with Crippen molar-refractivity contribution in [1.82, 2.24) is 14.6 Å². The van der Waals surface area contributed by atoms with E-state index in [1.165, 1.54) is 16.1 Å². The number of nitrogens with zero attached hydrogens (tertiary/aromatic N) is 4. The van der Waals surface area contributed by atoms with E-state index in [4.69, 9.17) is 30.5 Å². The van der Waals surface area contributed by atoms with Crippen molar-refractivity contribution in [2.75, 3.05) is 48.5 Å². The molecule has 2 atom stereocenters. The van der Waals surface area contributed by atoms with Crippen LogP contribution in [0.5, 0.6) is 5.75 Å². The van der Waals surface area contributed by atoms with E-state index in [0.717, 1.165) is 47.6 Å². The Balaban J connectivity index is 0.777. The molecule has 3 saturated heterocycles. The molecule has 3 fully saturated rings. The summed E-state index contributed by atoms with van der Waals surface area (Å²) in [6, 6.07) is 21.3. The highest BCUT2D eigenvalue weighted by atomic mass is 35.5. The van der Waals surface area contributed by atoms with Crippen LogP contribution in [0.1, 0.15) is 96.4 Å². The van der Waals surface area contributed by atoms with Crippen LogP contribution < -0.4 is 25.2 Å². The molecule has 0 bridgehead atoms.